The number of hydrogen-bond acceptors (Lipinski definition) is 3. The van der Waals surface area contributed by atoms with Crippen LogP contribution in [0.1, 0.15) is 68.2 Å². The summed E-state index contributed by atoms with van der Waals surface area (Å²) in [6, 6.07) is 0. The van der Waals surface area contributed by atoms with Crippen LogP contribution in [0.15, 0.2) is 12.7 Å². The Kier molecular flexibility index (Phi) is 7.52. The summed E-state index contributed by atoms with van der Waals surface area (Å²) in [6.07, 6.45) is 3.96. The van der Waals surface area contributed by atoms with Gasteiger partial charge >= 0.3 is 0 Å². The van der Waals surface area contributed by atoms with Gasteiger partial charge in [0, 0.05) is 6.42 Å². The standard InChI is InChI=1S/C19H38O3Si/c1-10-11-17-12-18(22-19(8,9)21-17)13-20-23(14(2)3,15(4)5)16(6)7/h10,14-18H,1,11-13H2,2-9H3/t17-,18+/m1/s1. The van der Waals surface area contributed by atoms with Crippen LogP contribution in [0.4, 0.5) is 0 Å². The second kappa shape index (κ2) is 8.28. The van der Waals surface area contributed by atoms with E-state index in [1.807, 2.05) is 19.9 Å². The molecule has 1 saturated heterocycles. The molecule has 0 saturated carbocycles. The molecule has 136 valence electrons. The highest BCUT2D eigenvalue weighted by Crippen LogP contribution is 2.42. The van der Waals surface area contributed by atoms with Crippen LogP contribution in [0, 0.1) is 0 Å². The van der Waals surface area contributed by atoms with Crippen LogP contribution in [0.3, 0.4) is 0 Å². The van der Waals surface area contributed by atoms with E-state index in [0.29, 0.717) is 23.2 Å². The first kappa shape index (κ1) is 20.9. The van der Waals surface area contributed by atoms with E-state index in [1.165, 1.54) is 0 Å². The van der Waals surface area contributed by atoms with Gasteiger partial charge in [0.2, 0.25) is 0 Å². The van der Waals surface area contributed by atoms with Crippen molar-refractivity contribution in [1.82, 2.24) is 0 Å². The van der Waals surface area contributed by atoms with Crippen LogP contribution >= 0.6 is 0 Å². The van der Waals surface area contributed by atoms with Crippen LogP contribution in [0.5, 0.6) is 0 Å². The third-order valence-corrected chi connectivity index (χ3v) is 11.2. The first-order chi connectivity index (χ1) is 10.5. The maximum absolute atomic E-state index is 6.71. The Morgan fingerprint density at radius 3 is 1.96 bits per heavy atom. The van der Waals surface area contributed by atoms with Gasteiger partial charge in [-0.2, -0.15) is 0 Å². The fourth-order valence-electron chi connectivity index (χ4n) is 4.39. The first-order valence-corrected chi connectivity index (χ1v) is 11.3. The molecule has 0 aliphatic carbocycles. The topological polar surface area (TPSA) is 27.7 Å². The summed E-state index contributed by atoms with van der Waals surface area (Å²) >= 11 is 0. The van der Waals surface area contributed by atoms with Crippen molar-refractivity contribution in [3.8, 4) is 0 Å². The lowest BCUT2D eigenvalue weighted by Crippen LogP contribution is -2.52. The van der Waals surface area contributed by atoms with Gasteiger partial charge in [0.25, 0.3) is 0 Å². The van der Waals surface area contributed by atoms with Gasteiger partial charge in [0.1, 0.15) is 0 Å². The monoisotopic (exact) mass is 342 g/mol. The van der Waals surface area contributed by atoms with Gasteiger partial charge in [-0.3, -0.25) is 0 Å². The Bertz CT molecular complexity index is 355. The summed E-state index contributed by atoms with van der Waals surface area (Å²) in [4.78, 5) is 0. The van der Waals surface area contributed by atoms with Crippen molar-refractivity contribution < 1.29 is 13.9 Å². The lowest BCUT2D eigenvalue weighted by Gasteiger charge is -2.45. The molecule has 0 aromatic rings. The van der Waals surface area contributed by atoms with Gasteiger partial charge in [-0.05, 0) is 36.9 Å². The fourth-order valence-corrected chi connectivity index (χ4v) is 9.86. The summed E-state index contributed by atoms with van der Waals surface area (Å²) < 4.78 is 18.8. The third-order valence-electron chi connectivity index (χ3n) is 5.08. The second-order valence-electron chi connectivity index (χ2n) is 8.27. The summed E-state index contributed by atoms with van der Waals surface area (Å²) in [6.45, 7) is 22.4. The van der Waals surface area contributed by atoms with Crippen molar-refractivity contribution in [2.24, 2.45) is 0 Å². The molecule has 0 aromatic carbocycles. The lowest BCUT2D eigenvalue weighted by atomic mass is 10.1. The van der Waals surface area contributed by atoms with Crippen LogP contribution in [0.25, 0.3) is 0 Å². The molecule has 1 aliphatic rings. The van der Waals surface area contributed by atoms with Crippen molar-refractivity contribution in [3.63, 3.8) is 0 Å². The van der Waals surface area contributed by atoms with Crippen molar-refractivity contribution in [3.05, 3.63) is 12.7 Å². The number of hydrogen-bond donors (Lipinski definition) is 0. The van der Waals surface area contributed by atoms with Gasteiger partial charge in [0.15, 0.2) is 14.1 Å². The Hall–Kier alpha value is -0.163. The molecule has 1 fully saturated rings. The van der Waals surface area contributed by atoms with E-state index in [0.717, 1.165) is 12.8 Å². The van der Waals surface area contributed by atoms with Crippen LogP contribution in [-0.4, -0.2) is 32.9 Å². The molecule has 4 heteroatoms. The normalized spacial score (nSPS) is 25.3. The van der Waals surface area contributed by atoms with Crippen molar-refractivity contribution in [2.75, 3.05) is 6.61 Å². The quantitative estimate of drug-likeness (QED) is 0.420. The SMILES string of the molecule is C=CC[C@@H]1C[C@@H](CO[Si](C(C)C)(C(C)C)C(C)C)OC(C)(C)O1. The second-order valence-corrected chi connectivity index (χ2v) is 13.7. The Labute approximate surface area is 144 Å². The summed E-state index contributed by atoms with van der Waals surface area (Å²) in [5.74, 6) is -0.544. The molecule has 1 aliphatic heterocycles. The average molecular weight is 343 g/mol. The molecule has 0 radical (unpaired) electrons. The largest absolute Gasteiger partial charge is 0.413 e. The molecule has 0 N–H and O–H groups in total. The van der Waals surface area contributed by atoms with E-state index in [2.05, 4.69) is 48.1 Å². The molecule has 1 rings (SSSR count). The smallest absolute Gasteiger partial charge is 0.200 e. The number of ether oxygens (including phenoxy) is 2. The minimum Gasteiger partial charge on any atom is -0.413 e. The Balaban J connectivity index is 2.82. The maximum atomic E-state index is 6.71. The Morgan fingerprint density at radius 1 is 1.04 bits per heavy atom. The average Bonchev–Trinajstić information content (AvgIpc) is 2.36. The Morgan fingerprint density at radius 2 is 1.52 bits per heavy atom. The zero-order valence-corrected chi connectivity index (χ0v) is 17.5. The summed E-state index contributed by atoms with van der Waals surface area (Å²) in [5, 5.41) is 0. The molecular weight excluding hydrogens is 304 g/mol. The van der Waals surface area contributed by atoms with E-state index < -0.39 is 14.1 Å². The molecule has 0 aromatic heterocycles. The van der Waals surface area contributed by atoms with Gasteiger partial charge in [0.05, 0.1) is 18.8 Å². The molecule has 0 bridgehead atoms. The van der Waals surface area contributed by atoms with Crippen LogP contribution < -0.4 is 0 Å². The lowest BCUT2D eigenvalue weighted by molar-refractivity contribution is -0.302. The highest BCUT2D eigenvalue weighted by atomic mass is 28.4. The summed E-state index contributed by atoms with van der Waals surface area (Å²) in [5.41, 5.74) is 1.79. The molecule has 1 heterocycles. The van der Waals surface area contributed by atoms with Crippen molar-refractivity contribution >= 4 is 8.32 Å². The zero-order chi connectivity index (χ0) is 17.8. The fraction of sp³-hybridized carbons (Fsp3) is 0.895. The highest BCUT2D eigenvalue weighted by Gasteiger charge is 2.46. The molecule has 0 amide bonds. The van der Waals surface area contributed by atoms with Gasteiger partial charge in [-0.25, -0.2) is 0 Å². The molecular formula is C19H38O3Si. The van der Waals surface area contributed by atoms with Gasteiger partial charge in [-0.15, -0.1) is 6.58 Å². The van der Waals surface area contributed by atoms with Crippen molar-refractivity contribution in [2.45, 2.75) is 103 Å². The minimum absolute atomic E-state index is 0.104. The van der Waals surface area contributed by atoms with E-state index in [4.69, 9.17) is 13.9 Å². The molecule has 0 unspecified atom stereocenters. The highest BCUT2D eigenvalue weighted by molar-refractivity contribution is 6.77. The van der Waals surface area contributed by atoms with E-state index in [9.17, 15) is 0 Å². The predicted molar refractivity (Wildman–Crippen MR) is 100 cm³/mol. The molecule has 23 heavy (non-hydrogen) atoms. The zero-order valence-electron chi connectivity index (χ0n) is 16.5. The van der Waals surface area contributed by atoms with E-state index >= 15 is 0 Å². The van der Waals surface area contributed by atoms with E-state index in [1.54, 1.807) is 0 Å². The maximum Gasteiger partial charge on any atom is 0.200 e. The van der Waals surface area contributed by atoms with Crippen molar-refractivity contribution in [1.29, 1.82) is 0 Å². The van der Waals surface area contributed by atoms with Gasteiger partial charge in [-0.1, -0.05) is 47.6 Å². The molecule has 3 nitrogen and oxygen atoms in total. The summed E-state index contributed by atoms with van der Waals surface area (Å²) in [7, 11) is -1.84. The predicted octanol–water partition coefficient (Wildman–Crippen LogP) is 5.66. The van der Waals surface area contributed by atoms with Crippen LogP contribution in [-0.2, 0) is 13.9 Å². The number of rotatable bonds is 8. The first-order valence-electron chi connectivity index (χ1n) is 9.15. The third kappa shape index (κ3) is 5.15. The van der Waals surface area contributed by atoms with Gasteiger partial charge < -0.3 is 13.9 Å². The van der Waals surface area contributed by atoms with E-state index in [-0.39, 0.29) is 12.2 Å². The molecule has 0 spiro atoms. The minimum atomic E-state index is -1.84. The molecule has 2 atom stereocenters. The van der Waals surface area contributed by atoms with Crippen LogP contribution in [0.2, 0.25) is 16.6 Å².